The Kier molecular flexibility index (Phi) is 9.18. The van der Waals surface area contributed by atoms with E-state index in [1.165, 1.54) is 6.07 Å². The van der Waals surface area contributed by atoms with E-state index in [-0.39, 0.29) is 10.8 Å². The smallest absolute Gasteiger partial charge is 0.343 e. The average Bonchev–Trinajstić information content (AvgIpc) is 2.91. The lowest BCUT2D eigenvalue weighted by Crippen LogP contribution is -2.61. The van der Waals surface area contributed by atoms with Gasteiger partial charge in [-0.25, -0.2) is 4.79 Å². The summed E-state index contributed by atoms with van der Waals surface area (Å²) in [5.74, 6) is 0.340. The van der Waals surface area contributed by atoms with E-state index in [0.717, 1.165) is 23.6 Å². The molecule has 0 aliphatic rings. The number of aromatic hydroxyl groups is 1. The molecule has 0 fully saturated rings. The molecular weight excluding hydrogens is 509 g/mol. The normalized spacial score (nSPS) is 14.4. The van der Waals surface area contributed by atoms with Gasteiger partial charge in [-0.05, 0) is 55.4 Å². The molecule has 0 radical (unpaired) electrons. The van der Waals surface area contributed by atoms with Gasteiger partial charge in [-0.15, -0.1) is 0 Å². The summed E-state index contributed by atoms with van der Waals surface area (Å²) in [6.07, 6.45) is 2.36. The first kappa shape index (κ1) is 29.5. The van der Waals surface area contributed by atoms with Crippen molar-refractivity contribution in [2.75, 3.05) is 0 Å². The highest BCUT2D eigenvalue weighted by Gasteiger charge is 2.50. The number of hydrogen-bond donors (Lipinski definition) is 1. The van der Waals surface area contributed by atoms with E-state index in [1.807, 2.05) is 42.5 Å². The Balaban J connectivity index is 1.97. The van der Waals surface area contributed by atoms with Crippen LogP contribution in [-0.2, 0) is 9.46 Å². The first-order chi connectivity index (χ1) is 17.9. The summed E-state index contributed by atoms with van der Waals surface area (Å²) in [5, 5.41) is 11.3. The van der Waals surface area contributed by atoms with E-state index in [0.29, 0.717) is 28.9 Å². The monoisotopic (exact) mass is 548 g/mol. The van der Waals surface area contributed by atoms with Crippen LogP contribution in [0.15, 0.2) is 72.8 Å². The van der Waals surface area contributed by atoms with Crippen molar-refractivity contribution in [1.29, 1.82) is 0 Å². The maximum Gasteiger partial charge on any atom is 0.343 e. The van der Waals surface area contributed by atoms with Crippen LogP contribution < -0.4 is 9.92 Å². The molecule has 0 bridgehead atoms. The van der Waals surface area contributed by atoms with Gasteiger partial charge in [0.05, 0.1) is 5.56 Å². The first-order valence-electron chi connectivity index (χ1n) is 13.2. The molecule has 3 rings (SSSR count). The third-order valence-corrected chi connectivity index (χ3v) is 16.5. The van der Waals surface area contributed by atoms with Gasteiger partial charge < -0.3 is 14.3 Å². The van der Waals surface area contributed by atoms with Crippen molar-refractivity contribution >= 4 is 33.8 Å². The number of hydrogen-bond acceptors (Lipinski definition) is 5. The molecule has 0 heterocycles. The Bertz CT molecular complexity index is 1290. The van der Waals surface area contributed by atoms with Crippen LogP contribution in [0.5, 0.6) is 11.5 Å². The summed E-state index contributed by atoms with van der Waals surface area (Å²) in [6.45, 7) is 15.5. The van der Waals surface area contributed by atoms with Gasteiger partial charge in [-0.1, -0.05) is 82.4 Å². The summed E-state index contributed by atoms with van der Waals surface area (Å²) >= 11 is 0. The Morgan fingerprint density at radius 2 is 1.63 bits per heavy atom. The predicted octanol–water partition coefficient (Wildman–Crippen LogP) is 6.79. The molecule has 2 atom stereocenters. The van der Waals surface area contributed by atoms with Crippen LogP contribution in [0.25, 0.3) is 0 Å². The second-order valence-electron chi connectivity index (χ2n) is 11.1. The highest BCUT2D eigenvalue weighted by Crippen LogP contribution is 2.43. The van der Waals surface area contributed by atoms with Crippen LogP contribution in [0.2, 0.25) is 26.2 Å². The Morgan fingerprint density at radius 3 is 2.26 bits per heavy atom. The number of carbonyl (C=O) groups excluding carboxylic acids is 2. The SMILES string of the molecule is CCC(O[Si](C)(C)C(C)(CC)c1ccccc1OC(=O)c1cccc(C=O)c1)[Si](C)(C)c1ccccc1O. The zero-order chi connectivity index (χ0) is 28.1. The molecule has 3 aromatic rings. The summed E-state index contributed by atoms with van der Waals surface area (Å²) in [5.41, 5.74) is 1.70. The van der Waals surface area contributed by atoms with Gasteiger partial charge in [-0.3, -0.25) is 4.79 Å². The second-order valence-corrected chi connectivity index (χ2v) is 20.1. The molecule has 1 N–H and O–H groups in total. The van der Waals surface area contributed by atoms with Gasteiger partial charge in [0.1, 0.15) is 25.9 Å². The molecular formula is C31H40O5Si2. The summed E-state index contributed by atoms with van der Waals surface area (Å²) < 4.78 is 13.1. The number of phenolic OH excluding ortho intramolecular Hbond substituents is 1. The number of para-hydroxylation sites is 2. The third-order valence-electron chi connectivity index (χ3n) is 8.19. The number of ether oxygens (including phenoxy) is 1. The Morgan fingerprint density at radius 1 is 0.974 bits per heavy atom. The molecule has 5 nitrogen and oxygen atoms in total. The van der Waals surface area contributed by atoms with Crippen molar-refractivity contribution in [3.8, 4) is 11.5 Å². The molecule has 3 aromatic carbocycles. The number of aldehydes is 1. The first-order valence-corrected chi connectivity index (χ1v) is 19.2. The lowest BCUT2D eigenvalue weighted by atomic mass is 9.96. The number of phenols is 1. The lowest BCUT2D eigenvalue weighted by Gasteiger charge is -2.47. The Labute approximate surface area is 229 Å². The molecule has 0 aliphatic heterocycles. The van der Waals surface area contributed by atoms with Crippen molar-refractivity contribution in [3.63, 3.8) is 0 Å². The molecule has 7 heteroatoms. The standard InChI is InChI=1S/C31H40O5Si2/c1-8-29(37(4,5)28-20-13-11-18-26(28)33)36-38(6,7)31(3,9-2)25-17-10-12-19-27(25)35-30(34)24-16-14-15-23(21-24)22-32/h10-22,29,33H,8-9H2,1-7H3. The summed E-state index contributed by atoms with van der Waals surface area (Å²) in [4.78, 5) is 24.3. The van der Waals surface area contributed by atoms with E-state index < -0.39 is 22.4 Å². The molecule has 0 amide bonds. The van der Waals surface area contributed by atoms with Gasteiger partial charge in [0.15, 0.2) is 8.32 Å². The van der Waals surface area contributed by atoms with E-state index in [2.05, 4.69) is 47.0 Å². The van der Waals surface area contributed by atoms with Crippen LogP contribution in [-0.4, -0.2) is 39.5 Å². The van der Waals surface area contributed by atoms with E-state index in [4.69, 9.17) is 9.16 Å². The predicted molar refractivity (Wildman–Crippen MR) is 159 cm³/mol. The van der Waals surface area contributed by atoms with Crippen molar-refractivity contribution in [3.05, 3.63) is 89.5 Å². The molecule has 202 valence electrons. The van der Waals surface area contributed by atoms with Crippen LogP contribution in [0, 0.1) is 0 Å². The van der Waals surface area contributed by atoms with Crippen molar-refractivity contribution < 1.29 is 23.9 Å². The van der Waals surface area contributed by atoms with Gasteiger partial charge >= 0.3 is 5.97 Å². The number of carbonyl (C=O) groups is 2. The minimum Gasteiger partial charge on any atom is -0.508 e. The highest BCUT2D eigenvalue weighted by molar-refractivity contribution is 6.92. The topological polar surface area (TPSA) is 72.8 Å². The van der Waals surface area contributed by atoms with Gasteiger partial charge in [0.2, 0.25) is 0 Å². The molecule has 0 aliphatic carbocycles. The summed E-state index contributed by atoms with van der Waals surface area (Å²) in [7, 11) is -4.70. The minimum absolute atomic E-state index is 0.00383. The summed E-state index contributed by atoms with van der Waals surface area (Å²) in [6, 6.07) is 21.8. The molecule has 0 aromatic heterocycles. The second kappa shape index (κ2) is 11.8. The fourth-order valence-corrected chi connectivity index (χ4v) is 12.8. The number of rotatable bonds is 11. The molecule has 0 spiro atoms. The molecule has 38 heavy (non-hydrogen) atoms. The van der Waals surface area contributed by atoms with E-state index in [1.54, 1.807) is 24.3 Å². The van der Waals surface area contributed by atoms with Gasteiger partial charge in [-0.2, -0.15) is 0 Å². The fourth-order valence-electron chi connectivity index (χ4n) is 5.27. The van der Waals surface area contributed by atoms with Crippen molar-refractivity contribution in [2.45, 2.75) is 70.6 Å². The van der Waals surface area contributed by atoms with Crippen molar-refractivity contribution in [2.24, 2.45) is 0 Å². The molecule has 0 saturated carbocycles. The van der Waals surface area contributed by atoms with Crippen LogP contribution in [0.1, 0.15) is 59.9 Å². The minimum atomic E-state index is -2.50. The number of esters is 1. The molecule has 2 unspecified atom stereocenters. The zero-order valence-corrected chi connectivity index (χ0v) is 25.6. The van der Waals surface area contributed by atoms with Gasteiger partial charge in [0.25, 0.3) is 0 Å². The van der Waals surface area contributed by atoms with E-state index >= 15 is 0 Å². The van der Waals surface area contributed by atoms with Crippen LogP contribution in [0.3, 0.4) is 0 Å². The highest BCUT2D eigenvalue weighted by atomic mass is 28.4. The van der Waals surface area contributed by atoms with Crippen molar-refractivity contribution in [1.82, 2.24) is 0 Å². The number of benzene rings is 3. The zero-order valence-electron chi connectivity index (χ0n) is 23.6. The quantitative estimate of drug-likeness (QED) is 0.124. The van der Waals surface area contributed by atoms with Crippen LogP contribution >= 0.6 is 0 Å². The molecule has 0 saturated heterocycles. The van der Waals surface area contributed by atoms with Gasteiger partial charge in [0, 0.05) is 21.9 Å². The fraction of sp³-hybridized carbons (Fsp3) is 0.355. The lowest BCUT2D eigenvalue weighted by molar-refractivity contribution is 0.0731. The van der Waals surface area contributed by atoms with E-state index in [9.17, 15) is 14.7 Å². The maximum absolute atomic E-state index is 13.1. The maximum atomic E-state index is 13.1. The average molecular weight is 549 g/mol. The van der Waals surface area contributed by atoms with Crippen LogP contribution in [0.4, 0.5) is 0 Å². The largest absolute Gasteiger partial charge is 0.508 e. The third kappa shape index (κ3) is 5.85. The Hall–Kier alpha value is -3.01.